The SMILES string of the molecule is CCCC(CC(=O)OCC)n1c(=O)n(Cc2cn(C)c3cccc(C)c23)c2cc(NC(N)=O)ccc21. The largest absolute Gasteiger partial charge is 0.466 e. The van der Waals surface area contributed by atoms with Crippen molar-refractivity contribution in [2.75, 3.05) is 11.9 Å². The molecular formula is C27H33N5O4. The van der Waals surface area contributed by atoms with Gasteiger partial charge in [0.1, 0.15) is 0 Å². The van der Waals surface area contributed by atoms with Gasteiger partial charge in [0.25, 0.3) is 0 Å². The summed E-state index contributed by atoms with van der Waals surface area (Å²) in [4.78, 5) is 37.9. The van der Waals surface area contributed by atoms with Gasteiger partial charge < -0.3 is 20.4 Å². The highest BCUT2D eigenvalue weighted by Gasteiger charge is 2.24. The molecule has 1 atom stereocenters. The zero-order chi connectivity index (χ0) is 26.0. The third kappa shape index (κ3) is 4.73. The van der Waals surface area contributed by atoms with Crippen molar-refractivity contribution in [3.05, 3.63) is 64.2 Å². The molecular weight excluding hydrogens is 458 g/mol. The molecule has 36 heavy (non-hydrogen) atoms. The molecule has 0 saturated heterocycles. The number of nitrogens with two attached hydrogens (primary N) is 1. The Morgan fingerprint density at radius 1 is 1.11 bits per heavy atom. The normalized spacial score (nSPS) is 12.2. The van der Waals surface area contributed by atoms with Crippen molar-refractivity contribution >= 4 is 39.6 Å². The standard InChI is InChI=1S/C27H33N5O4/c1-5-8-20(14-24(33)36-6-2)32-21-12-11-19(29-26(28)34)13-23(21)31(27(32)35)16-18-15-30(4)22-10-7-9-17(3)25(18)22/h7,9-13,15,20H,5-6,8,14,16H2,1-4H3,(H3,28,29,34). The van der Waals surface area contributed by atoms with E-state index in [9.17, 15) is 14.4 Å². The molecule has 2 amide bonds. The molecule has 190 valence electrons. The number of esters is 1. The van der Waals surface area contributed by atoms with Crippen LogP contribution in [0.1, 0.15) is 50.3 Å². The van der Waals surface area contributed by atoms with Crippen LogP contribution >= 0.6 is 0 Å². The number of amides is 2. The highest BCUT2D eigenvalue weighted by Crippen LogP contribution is 2.29. The Balaban J connectivity index is 1.91. The maximum Gasteiger partial charge on any atom is 0.329 e. The molecule has 0 aliphatic rings. The van der Waals surface area contributed by atoms with E-state index in [2.05, 4.69) is 28.9 Å². The Morgan fingerprint density at radius 3 is 2.58 bits per heavy atom. The van der Waals surface area contributed by atoms with Crippen molar-refractivity contribution in [2.24, 2.45) is 12.8 Å². The average Bonchev–Trinajstić information content (AvgIpc) is 3.28. The van der Waals surface area contributed by atoms with Crippen molar-refractivity contribution < 1.29 is 14.3 Å². The van der Waals surface area contributed by atoms with Crippen LogP contribution < -0.4 is 16.7 Å². The number of ether oxygens (including phenoxy) is 1. The van der Waals surface area contributed by atoms with E-state index in [4.69, 9.17) is 10.5 Å². The van der Waals surface area contributed by atoms with Gasteiger partial charge in [-0.1, -0.05) is 25.5 Å². The smallest absolute Gasteiger partial charge is 0.329 e. The fraction of sp³-hybridized carbons (Fsp3) is 0.370. The topological polar surface area (TPSA) is 113 Å². The number of fused-ring (bicyclic) bond motifs is 2. The number of aromatic nitrogens is 3. The summed E-state index contributed by atoms with van der Waals surface area (Å²) >= 11 is 0. The van der Waals surface area contributed by atoms with Gasteiger partial charge in [0.2, 0.25) is 0 Å². The number of imidazole rings is 1. The molecule has 0 bridgehead atoms. The summed E-state index contributed by atoms with van der Waals surface area (Å²) in [6.07, 6.45) is 3.59. The lowest BCUT2D eigenvalue weighted by molar-refractivity contribution is -0.144. The summed E-state index contributed by atoms with van der Waals surface area (Å²) in [6, 6.07) is 10.4. The number of anilines is 1. The predicted octanol–water partition coefficient (Wildman–Crippen LogP) is 4.44. The summed E-state index contributed by atoms with van der Waals surface area (Å²) < 4.78 is 10.7. The van der Waals surface area contributed by atoms with Crippen molar-refractivity contribution in [3.63, 3.8) is 0 Å². The van der Waals surface area contributed by atoms with Crippen molar-refractivity contribution in [1.82, 2.24) is 13.7 Å². The number of aryl methyl sites for hydroxylation is 2. The number of rotatable bonds is 9. The van der Waals surface area contributed by atoms with Crippen LogP contribution in [0.4, 0.5) is 10.5 Å². The van der Waals surface area contributed by atoms with E-state index < -0.39 is 6.03 Å². The molecule has 4 rings (SSSR count). The Hall–Kier alpha value is -4.01. The van der Waals surface area contributed by atoms with Crippen LogP contribution in [-0.2, 0) is 23.1 Å². The number of hydrogen-bond acceptors (Lipinski definition) is 4. The molecule has 0 spiro atoms. The number of carbonyl (C=O) groups excluding carboxylic acids is 2. The first-order valence-electron chi connectivity index (χ1n) is 12.3. The third-order valence-corrected chi connectivity index (χ3v) is 6.55. The Kier molecular flexibility index (Phi) is 7.19. The minimum absolute atomic E-state index is 0.107. The molecule has 1 unspecified atom stereocenters. The van der Waals surface area contributed by atoms with Crippen LogP contribution in [0.15, 0.2) is 47.4 Å². The van der Waals surface area contributed by atoms with Crippen LogP contribution in [0.5, 0.6) is 0 Å². The van der Waals surface area contributed by atoms with E-state index in [-0.39, 0.29) is 30.7 Å². The lowest BCUT2D eigenvalue weighted by atomic mass is 10.1. The Morgan fingerprint density at radius 2 is 1.89 bits per heavy atom. The van der Waals surface area contributed by atoms with E-state index in [0.29, 0.717) is 29.7 Å². The number of urea groups is 1. The molecule has 2 heterocycles. The monoisotopic (exact) mass is 491 g/mol. The van der Waals surface area contributed by atoms with Gasteiger partial charge in [0, 0.05) is 35.9 Å². The second kappa shape index (κ2) is 10.3. The van der Waals surface area contributed by atoms with Crippen LogP contribution in [-0.4, -0.2) is 32.3 Å². The van der Waals surface area contributed by atoms with Gasteiger partial charge in [0.15, 0.2) is 0 Å². The van der Waals surface area contributed by atoms with Gasteiger partial charge in [-0.2, -0.15) is 0 Å². The van der Waals surface area contributed by atoms with Crippen molar-refractivity contribution in [2.45, 2.75) is 52.6 Å². The molecule has 0 aliphatic heterocycles. The Bertz CT molecular complexity index is 1490. The molecule has 0 aliphatic carbocycles. The number of nitrogens with zero attached hydrogens (tertiary/aromatic N) is 3. The molecule has 2 aromatic heterocycles. The molecule has 0 fully saturated rings. The minimum atomic E-state index is -0.682. The molecule has 9 heteroatoms. The van der Waals surface area contributed by atoms with E-state index in [1.165, 1.54) is 0 Å². The second-order valence-corrected chi connectivity index (χ2v) is 9.12. The predicted molar refractivity (Wildman–Crippen MR) is 141 cm³/mol. The van der Waals surface area contributed by atoms with Crippen LogP contribution in [0.25, 0.3) is 21.9 Å². The van der Waals surface area contributed by atoms with Gasteiger partial charge in [-0.3, -0.25) is 13.9 Å². The maximum absolute atomic E-state index is 14.0. The van der Waals surface area contributed by atoms with Gasteiger partial charge in [-0.25, -0.2) is 9.59 Å². The molecule has 2 aromatic carbocycles. The maximum atomic E-state index is 14.0. The number of nitrogens with one attached hydrogen (secondary N) is 1. The van der Waals surface area contributed by atoms with Crippen molar-refractivity contribution in [3.8, 4) is 0 Å². The lowest BCUT2D eigenvalue weighted by Crippen LogP contribution is -2.29. The van der Waals surface area contributed by atoms with Crippen LogP contribution in [0.3, 0.4) is 0 Å². The van der Waals surface area contributed by atoms with Crippen LogP contribution in [0.2, 0.25) is 0 Å². The quantitative estimate of drug-likeness (QED) is 0.337. The van der Waals surface area contributed by atoms with Crippen molar-refractivity contribution in [1.29, 1.82) is 0 Å². The van der Waals surface area contributed by atoms with Gasteiger partial charge in [-0.05, 0) is 55.7 Å². The zero-order valence-electron chi connectivity index (χ0n) is 21.2. The molecule has 0 radical (unpaired) electrons. The number of benzene rings is 2. The van der Waals surface area contributed by atoms with Crippen LogP contribution in [0, 0.1) is 6.92 Å². The summed E-state index contributed by atoms with van der Waals surface area (Å²) in [7, 11) is 1.99. The first-order chi connectivity index (χ1) is 17.2. The number of primary amides is 1. The lowest BCUT2D eigenvalue weighted by Gasteiger charge is -2.17. The molecule has 0 saturated carbocycles. The average molecular weight is 492 g/mol. The van der Waals surface area contributed by atoms with E-state index >= 15 is 0 Å². The summed E-state index contributed by atoms with van der Waals surface area (Å²) in [5, 5.41) is 3.71. The highest BCUT2D eigenvalue weighted by molar-refractivity contribution is 5.91. The molecule has 3 N–H and O–H groups in total. The third-order valence-electron chi connectivity index (χ3n) is 6.55. The van der Waals surface area contributed by atoms with Gasteiger partial charge >= 0.3 is 17.7 Å². The first-order valence-corrected chi connectivity index (χ1v) is 12.3. The summed E-state index contributed by atoms with van der Waals surface area (Å²) in [6.45, 7) is 6.48. The van der Waals surface area contributed by atoms with Gasteiger partial charge in [-0.15, -0.1) is 0 Å². The van der Waals surface area contributed by atoms with E-state index in [0.717, 1.165) is 28.5 Å². The zero-order valence-corrected chi connectivity index (χ0v) is 21.2. The fourth-order valence-corrected chi connectivity index (χ4v) is 5.10. The van der Waals surface area contributed by atoms with E-state index in [1.54, 1.807) is 34.3 Å². The number of hydrogen-bond donors (Lipinski definition) is 2. The highest BCUT2D eigenvalue weighted by atomic mass is 16.5. The fourth-order valence-electron chi connectivity index (χ4n) is 5.10. The van der Waals surface area contributed by atoms with E-state index in [1.807, 2.05) is 26.2 Å². The number of carbonyl (C=O) groups is 2. The Labute approximate surface area is 209 Å². The first kappa shape index (κ1) is 25.1. The minimum Gasteiger partial charge on any atom is -0.466 e. The summed E-state index contributed by atoms with van der Waals surface area (Å²) in [5.74, 6) is -0.333. The summed E-state index contributed by atoms with van der Waals surface area (Å²) in [5.41, 5.74) is 10.2. The molecule has 9 nitrogen and oxygen atoms in total. The molecule has 4 aromatic rings. The van der Waals surface area contributed by atoms with Gasteiger partial charge in [0.05, 0.1) is 30.6 Å². The second-order valence-electron chi connectivity index (χ2n) is 9.12.